The molecule has 2 nitrogen and oxygen atoms in total. The molecule has 0 atom stereocenters. The first-order valence-electron chi connectivity index (χ1n) is 2.56. The lowest BCUT2D eigenvalue weighted by Crippen LogP contribution is -1.91. The topological polar surface area (TPSA) is 40.9 Å². The standard InChI is InChI=1S/C7H9NO/c1-3-7(4-5-8)6(2)9/h3-5,8H,1H2,2H3/b7-4+,8-5?. The van der Waals surface area contributed by atoms with E-state index in [1.54, 1.807) is 0 Å². The van der Waals surface area contributed by atoms with Crippen molar-refractivity contribution in [2.75, 3.05) is 0 Å². The minimum atomic E-state index is -0.0616. The van der Waals surface area contributed by atoms with Crippen LogP contribution in [0.5, 0.6) is 0 Å². The highest BCUT2D eigenvalue weighted by molar-refractivity contribution is 5.99. The fourth-order valence-corrected chi connectivity index (χ4v) is 0.419. The lowest BCUT2D eigenvalue weighted by molar-refractivity contribution is -0.113. The Kier molecular flexibility index (Phi) is 3.28. The summed E-state index contributed by atoms with van der Waals surface area (Å²) >= 11 is 0. The van der Waals surface area contributed by atoms with Gasteiger partial charge in [0.15, 0.2) is 5.78 Å². The van der Waals surface area contributed by atoms with Crippen molar-refractivity contribution < 1.29 is 4.79 Å². The van der Waals surface area contributed by atoms with Crippen LogP contribution in [0.1, 0.15) is 6.92 Å². The molecule has 2 heteroatoms. The van der Waals surface area contributed by atoms with Crippen LogP contribution in [-0.2, 0) is 4.79 Å². The van der Waals surface area contributed by atoms with E-state index in [4.69, 9.17) is 5.41 Å². The van der Waals surface area contributed by atoms with Gasteiger partial charge in [0.2, 0.25) is 0 Å². The van der Waals surface area contributed by atoms with Crippen LogP contribution in [0.4, 0.5) is 0 Å². The molecule has 0 fully saturated rings. The van der Waals surface area contributed by atoms with Crippen molar-refractivity contribution >= 4 is 12.0 Å². The molecule has 1 N–H and O–H groups in total. The molecule has 0 aliphatic carbocycles. The van der Waals surface area contributed by atoms with E-state index in [0.717, 1.165) is 6.21 Å². The second-order valence-electron chi connectivity index (χ2n) is 1.55. The Balaban J connectivity index is 4.32. The Hall–Kier alpha value is -1.18. The largest absolute Gasteiger partial charge is 0.309 e. The van der Waals surface area contributed by atoms with Gasteiger partial charge in [-0.05, 0) is 13.0 Å². The maximum absolute atomic E-state index is 10.5. The third-order valence-electron chi connectivity index (χ3n) is 0.889. The normalized spacial score (nSPS) is 10.6. The first kappa shape index (κ1) is 7.82. The highest BCUT2D eigenvalue weighted by Crippen LogP contribution is 1.93. The lowest BCUT2D eigenvalue weighted by Gasteiger charge is -1.88. The third kappa shape index (κ3) is 2.59. The van der Waals surface area contributed by atoms with Gasteiger partial charge in [0.05, 0.1) is 0 Å². The fraction of sp³-hybridized carbons (Fsp3) is 0.143. The van der Waals surface area contributed by atoms with Crippen LogP contribution in [0.15, 0.2) is 24.3 Å². The van der Waals surface area contributed by atoms with Gasteiger partial charge in [-0.15, -0.1) is 0 Å². The average molecular weight is 123 g/mol. The predicted octanol–water partition coefficient (Wildman–Crippen LogP) is 1.34. The molecule has 0 aromatic heterocycles. The van der Waals surface area contributed by atoms with Crippen molar-refractivity contribution in [2.24, 2.45) is 0 Å². The number of nitrogens with one attached hydrogen (secondary N) is 1. The summed E-state index contributed by atoms with van der Waals surface area (Å²) in [4.78, 5) is 10.5. The van der Waals surface area contributed by atoms with E-state index in [1.807, 2.05) is 0 Å². The van der Waals surface area contributed by atoms with Crippen LogP contribution in [-0.4, -0.2) is 12.0 Å². The summed E-state index contributed by atoms with van der Waals surface area (Å²) < 4.78 is 0. The highest BCUT2D eigenvalue weighted by Gasteiger charge is 1.93. The van der Waals surface area contributed by atoms with E-state index >= 15 is 0 Å². The van der Waals surface area contributed by atoms with E-state index < -0.39 is 0 Å². The summed E-state index contributed by atoms with van der Waals surface area (Å²) in [6.45, 7) is 4.85. The Bertz CT molecular complexity index is 168. The molecule has 0 rings (SSSR count). The van der Waals surface area contributed by atoms with E-state index in [-0.39, 0.29) is 5.78 Å². The van der Waals surface area contributed by atoms with E-state index in [2.05, 4.69) is 6.58 Å². The molecule has 48 valence electrons. The molecule has 0 aliphatic heterocycles. The maximum atomic E-state index is 10.5. The lowest BCUT2D eigenvalue weighted by atomic mass is 10.2. The number of ketones is 1. The van der Waals surface area contributed by atoms with Crippen molar-refractivity contribution in [1.82, 2.24) is 0 Å². The van der Waals surface area contributed by atoms with Crippen LogP contribution < -0.4 is 0 Å². The molecule has 0 heterocycles. The Morgan fingerprint density at radius 3 is 2.33 bits per heavy atom. The zero-order valence-corrected chi connectivity index (χ0v) is 5.35. The van der Waals surface area contributed by atoms with Crippen molar-refractivity contribution in [2.45, 2.75) is 6.92 Å². The summed E-state index contributed by atoms with van der Waals surface area (Å²) in [7, 11) is 0. The summed E-state index contributed by atoms with van der Waals surface area (Å²) in [5.41, 5.74) is 0.477. The Morgan fingerprint density at radius 2 is 2.22 bits per heavy atom. The number of hydrogen-bond donors (Lipinski definition) is 1. The smallest absolute Gasteiger partial charge is 0.159 e. The summed E-state index contributed by atoms with van der Waals surface area (Å²) in [5.74, 6) is -0.0616. The van der Waals surface area contributed by atoms with Crippen molar-refractivity contribution in [1.29, 1.82) is 5.41 Å². The number of allylic oxidation sites excluding steroid dienone is 3. The molecule has 0 aromatic carbocycles. The molecule has 0 amide bonds. The van der Waals surface area contributed by atoms with E-state index in [1.165, 1.54) is 19.1 Å². The minimum Gasteiger partial charge on any atom is -0.309 e. The average Bonchev–Trinajstić information content (AvgIpc) is 1.82. The summed E-state index contributed by atoms with van der Waals surface area (Å²) in [6, 6.07) is 0. The first-order valence-corrected chi connectivity index (χ1v) is 2.56. The van der Waals surface area contributed by atoms with Gasteiger partial charge in [0.1, 0.15) is 0 Å². The molecule has 0 saturated heterocycles. The van der Waals surface area contributed by atoms with Gasteiger partial charge in [-0.3, -0.25) is 4.79 Å². The van der Waals surface area contributed by atoms with Crippen LogP contribution in [0.3, 0.4) is 0 Å². The second-order valence-corrected chi connectivity index (χ2v) is 1.55. The maximum Gasteiger partial charge on any atom is 0.159 e. The van der Waals surface area contributed by atoms with Gasteiger partial charge in [-0.1, -0.05) is 12.7 Å². The van der Waals surface area contributed by atoms with Crippen LogP contribution in [0.25, 0.3) is 0 Å². The molecule has 0 aromatic rings. The van der Waals surface area contributed by atoms with Crippen LogP contribution >= 0.6 is 0 Å². The number of carbonyl (C=O) groups is 1. The van der Waals surface area contributed by atoms with Gasteiger partial charge >= 0.3 is 0 Å². The molecule has 0 spiro atoms. The Morgan fingerprint density at radius 1 is 1.67 bits per heavy atom. The number of hydrogen-bond acceptors (Lipinski definition) is 2. The molecular weight excluding hydrogens is 114 g/mol. The fourth-order valence-electron chi connectivity index (χ4n) is 0.419. The van der Waals surface area contributed by atoms with E-state index in [0.29, 0.717) is 5.57 Å². The number of carbonyl (C=O) groups excluding carboxylic acids is 1. The predicted molar refractivity (Wildman–Crippen MR) is 37.7 cm³/mol. The zero-order valence-electron chi connectivity index (χ0n) is 5.35. The molecule has 0 saturated carbocycles. The SMILES string of the molecule is C=C/C(=C\C=N)C(C)=O. The van der Waals surface area contributed by atoms with Gasteiger partial charge in [0, 0.05) is 11.8 Å². The monoisotopic (exact) mass is 123 g/mol. The number of Topliss-reactive ketones (excluding diaryl/α,β-unsaturated/α-hetero) is 1. The van der Waals surface area contributed by atoms with Crippen molar-refractivity contribution in [3.8, 4) is 0 Å². The summed E-state index contributed by atoms with van der Waals surface area (Å²) in [6.07, 6.45) is 3.92. The van der Waals surface area contributed by atoms with Gasteiger partial charge < -0.3 is 5.41 Å². The van der Waals surface area contributed by atoms with Crippen LogP contribution in [0.2, 0.25) is 0 Å². The van der Waals surface area contributed by atoms with E-state index in [9.17, 15) is 4.79 Å². The molecule has 9 heavy (non-hydrogen) atoms. The van der Waals surface area contributed by atoms with Crippen molar-refractivity contribution in [3.63, 3.8) is 0 Å². The van der Waals surface area contributed by atoms with Crippen molar-refractivity contribution in [3.05, 3.63) is 24.3 Å². The van der Waals surface area contributed by atoms with Crippen LogP contribution in [0, 0.1) is 5.41 Å². The molecule has 0 radical (unpaired) electrons. The summed E-state index contributed by atoms with van der Waals surface area (Å²) in [5, 5.41) is 6.63. The Labute approximate surface area is 54.4 Å². The highest BCUT2D eigenvalue weighted by atomic mass is 16.1. The number of rotatable bonds is 3. The third-order valence-corrected chi connectivity index (χ3v) is 0.889. The molecular formula is C7H9NO. The van der Waals surface area contributed by atoms with Gasteiger partial charge in [-0.25, -0.2) is 0 Å². The minimum absolute atomic E-state index is 0.0616. The van der Waals surface area contributed by atoms with Gasteiger partial charge in [0.25, 0.3) is 0 Å². The zero-order chi connectivity index (χ0) is 7.28. The molecule has 0 aliphatic rings. The second kappa shape index (κ2) is 3.78. The van der Waals surface area contributed by atoms with Gasteiger partial charge in [-0.2, -0.15) is 0 Å². The molecule has 0 unspecified atom stereocenters. The quantitative estimate of drug-likeness (QED) is 0.343. The molecule has 0 bridgehead atoms. The first-order chi connectivity index (χ1) is 4.22.